The molecule has 2 aromatic rings. The summed E-state index contributed by atoms with van der Waals surface area (Å²) < 4.78 is 1.75. The lowest BCUT2D eigenvalue weighted by molar-refractivity contribution is 0.767. The van der Waals surface area contributed by atoms with Crippen LogP contribution in [0.5, 0.6) is 0 Å². The molecule has 0 aliphatic heterocycles. The van der Waals surface area contributed by atoms with Crippen LogP contribution in [0.1, 0.15) is 5.56 Å². The van der Waals surface area contributed by atoms with E-state index in [4.69, 9.17) is 5.73 Å². The molecule has 2 rings (SSSR count). The van der Waals surface area contributed by atoms with Gasteiger partial charge in [0.2, 0.25) is 5.95 Å². The molecular formula is C9H12N6. The van der Waals surface area contributed by atoms with E-state index in [1.54, 1.807) is 23.1 Å². The van der Waals surface area contributed by atoms with E-state index < -0.39 is 0 Å². The van der Waals surface area contributed by atoms with E-state index in [2.05, 4.69) is 20.4 Å². The van der Waals surface area contributed by atoms with Crippen LogP contribution in [-0.2, 0) is 13.6 Å². The Morgan fingerprint density at radius 1 is 1.53 bits per heavy atom. The van der Waals surface area contributed by atoms with E-state index in [1.165, 1.54) is 0 Å². The van der Waals surface area contributed by atoms with Crippen molar-refractivity contribution < 1.29 is 0 Å². The van der Waals surface area contributed by atoms with Crippen molar-refractivity contribution in [1.82, 2.24) is 19.7 Å². The third-order valence-corrected chi connectivity index (χ3v) is 1.89. The number of nitrogens with one attached hydrogen (secondary N) is 1. The van der Waals surface area contributed by atoms with Crippen molar-refractivity contribution in [2.24, 2.45) is 7.05 Å². The van der Waals surface area contributed by atoms with Crippen LogP contribution < -0.4 is 11.1 Å². The number of hydrogen-bond donors (Lipinski definition) is 2. The molecule has 78 valence electrons. The first kappa shape index (κ1) is 9.45. The zero-order valence-electron chi connectivity index (χ0n) is 8.38. The molecule has 0 atom stereocenters. The Bertz CT molecular complexity index is 449. The molecule has 0 radical (unpaired) electrons. The molecule has 0 amide bonds. The van der Waals surface area contributed by atoms with Crippen LogP contribution in [-0.4, -0.2) is 19.7 Å². The Morgan fingerprint density at radius 2 is 2.40 bits per heavy atom. The Kier molecular flexibility index (Phi) is 2.49. The molecule has 6 nitrogen and oxygen atoms in total. The molecule has 2 aromatic heterocycles. The fourth-order valence-electron chi connectivity index (χ4n) is 1.20. The molecule has 6 heteroatoms. The van der Waals surface area contributed by atoms with Gasteiger partial charge in [-0.05, 0) is 6.07 Å². The first-order chi connectivity index (χ1) is 7.24. The highest BCUT2D eigenvalue weighted by Gasteiger charge is 1.98. The van der Waals surface area contributed by atoms with Crippen LogP contribution in [0.3, 0.4) is 0 Å². The van der Waals surface area contributed by atoms with Gasteiger partial charge in [-0.25, -0.2) is 4.98 Å². The highest BCUT2D eigenvalue weighted by atomic mass is 15.2. The molecular weight excluding hydrogens is 192 g/mol. The van der Waals surface area contributed by atoms with Crippen LogP contribution in [0.2, 0.25) is 0 Å². The van der Waals surface area contributed by atoms with Crippen LogP contribution in [0.15, 0.2) is 24.7 Å². The second-order valence-electron chi connectivity index (χ2n) is 3.18. The number of anilines is 2. The zero-order chi connectivity index (χ0) is 10.7. The molecule has 0 fully saturated rings. The van der Waals surface area contributed by atoms with Crippen molar-refractivity contribution in [1.29, 1.82) is 0 Å². The molecule has 0 aromatic carbocycles. The fraction of sp³-hybridized carbons (Fsp3) is 0.222. The average Bonchev–Trinajstić information content (AvgIpc) is 2.62. The quantitative estimate of drug-likeness (QED) is 0.756. The summed E-state index contributed by atoms with van der Waals surface area (Å²) >= 11 is 0. The Labute approximate surface area is 87.2 Å². The average molecular weight is 204 g/mol. The molecule has 15 heavy (non-hydrogen) atoms. The first-order valence-corrected chi connectivity index (χ1v) is 4.54. The molecule has 0 unspecified atom stereocenters. The lowest BCUT2D eigenvalue weighted by Crippen LogP contribution is -2.04. The van der Waals surface area contributed by atoms with Gasteiger partial charge in [0.25, 0.3) is 0 Å². The summed E-state index contributed by atoms with van der Waals surface area (Å²) in [6.07, 6.45) is 5.34. The van der Waals surface area contributed by atoms with Crippen molar-refractivity contribution in [3.05, 3.63) is 30.2 Å². The molecule has 0 aliphatic carbocycles. The Balaban J connectivity index is 1.99. The number of rotatable bonds is 3. The van der Waals surface area contributed by atoms with E-state index in [1.807, 2.05) is 13.2 Å². The third kappa shape index (κ3) is 2.43. The lowest BCUT2D eigenvalue weighted by atomic mass is 10.4. The number of nitrogen functional groups attached to an aromatic ring is 1. The van der Waals surface area contributed by atoms with Gasteiger partial charge >= 0.3 is 0 Å². The van der Waals surface area contributed by atoms with E-state index in [9.17, 15) is 0 Å². The number of hydrogen-bond acceptors (Lipinski definition) is 5. The van der Waals surface area contributed by atoms with Crippen LogP contribution in [0.4, 0.5) is 11.8 Å². The van der Waals surface area contributed by atoms with E-state index >= 15 is 0 Å². The Morgan fingerprint density at radius 3 is 3.07 bits per heavy atom. The van der Waals surface area contributed by atoms with Gasteiger partial charge in [0.05, 0.1) is 6.20 Å². The molecule has 0 saturated heterocycles. The van der Waals surface area contributed by atoms with Crippen LogP contribution in [0.25, 0.3) is 0 Å². The van der Waals surface area contributed by atoms with Crippen molar-refractivity contribution in [3.8, 4) is 0 Å². The van der Waals surface area contributed by atoms with Crippen molar-refractivity contribution in [3.63, 3.8) is 0 Å². The van der Waals surface area contributed by atoms with E-state index in [-0.39, 0.29) is 0 Å². The van der Waals surface area contributed by atoms with Gasteiger partial charge in [-0.3, -0.25) is 4.68 Å². The molecule has 3 N–H and O–H groups in total. The first-order valence-electron chi connectivity index (χ1n) is 4.54. The number of aryl methyl sites for hydroxylation is 1. The maximum Gasteiger partial charge on any atom is 0.224 e. The summed E-state index contributed by atoms with van der Waals surface area (Å²) in [4.78, 5) is 8.06. The van der Waals surface area contributed by atoms with Crippen molar-refractivity contribution in [2.45, 2.75) is 6.54 Å². The summed E-state index contributed by atoms with van der Waals surface area (Å²) in [5.74, 6) is 0.984. The van der Waals surface area contributed by atoms with Gasteiger partial charge in [0.15, 0.2) is 0 Å². The lowest BCUT2D eigenvalue weighted by Gasteiger charge is -2.02. The van der Waals surface area contributed by atoms with Crippen LogP contribution >= 0.6 is 0 Å². The summed E-state index contributed by atoms with van der Waals surface area (Å²) in [5, 5.41) is 7.12. The van der Waals surface area contributed by atoms with E-state index in [0.29, 0.717) is 18.3 Å². The predicted molar refractivity (Wildman–Crippen MR) is 57.0 cm³/mol. The minimum Gasteiger partial charge on any atom is -0.384 e. The maximum absolute atomic E-state index is 5.52. The van der Waals surface area contributed by atoms with E-state index in [0.717, 1.165) is 5.56 Å². The SMILES string of the molecule is Cn1cc(CNc2nccc(N)n2)cn1. The van der Waals surface area contributed by atoms with Gasteiger partial charge < -0.3 is 11.1 Å². The topological polar surface area (TPSA) is 81.7 Å². The minimum absolute atomic E-state index is 0.457. The summed E-state index contributed by atoms with van der Waals surface area (Å²) in [6, 6.07) is 1.65. The van der Waals surface area contributed by atoms with Crippen molar-refractivity contribution in [2.75, 3.05) is 11.1 Å². The second-order valence-corrected chi connectivity index (χ2v) is 3.18. The predicted octanol–water partition coefficient (Wildman–Crippen LogP) is 0.404. The Hall–Kier alpha value is -2.11. The van der Waals surface area contributed by atoms with Crippen LogP contribution in [0, 0.1) is 0 Å². The number of aromatic nitrogens is 4. The summed E-state index contributed by atoms with van der Waals surface area (Å²) in [6.45, 7) is 0.636. The fourth-order valence-corrected chi connectivity index (χ4v) is 1.20. The van der Waals surface area contributed by atoms with Gasteiger partial charge in [-0.1, -0.05) is 0 Å². The smallest absolute Gasteiger partial charge is 0.224 e. The summed E-state index contributed by atoms with van der Waals surface area (Å²) in [7, 11) is 1.88. The number of nitrogens with zero attached hydrogens (tertiary/aromatic N) is 4. The highest BCUT2D eigenvalue weighted by Crippen LogP contribution is 2.04. The van der Waals surface area contributed by atoms with Gasteiger partial charge in [0.1, 0.15) is 5.82 Å². The molecule has 2 heterocycles. The maximum atomic E-state index is 5.52. The van der Waals surface area contributed by atoms with Crippen molar-refractivity contribution >= 4 is 11.8 Å². The summed E-state index contributed by atoms with van der Waals surface area (Å²) in [5.41, 5.74) is 6.60. The van der Waals surface area contributed by atoms with Gasteiger partial charge in [-0.2, -0.15) is 10.1 Å². The molecule has 0 saturated carbocycles. The largest absolute Gasteiger partial charge is 0.384 e. The van der Waals surface area contributed by atoms with Gasteiger partial charge in [-0.15, -0.1) is 0 Å². The molecule has 0 aliphatic rings. The third-order valence-electron chi connectivity index (χ3n) is 1.89. The standard InChI is InChI=1S/C9H12N6/c1-15-6-7(5-13-15)4-12-9-11-3-2-8(10)14-9/h2-3,5-6H,4H2,1H3,(H3,10,11,12,14). The monoisotopic (exact) mass is 204 g/mol. The highest BCUT2D eigenvalue weighted by molar-refractivity contribution is 5.35. The normalized spacial score (nSPS) is 10.2. The zero-order valence-corrected chi connectivity index (χ0v) is 8.38. The minimum atomic E-state index is 0.457. The molecule has 0 bridgehead atoms. The number of nitrogens with two attached hydrogens (primary N) is 1. The second kappa shape index (κ2) is 3.95. The molecule has 0 spiro atoms. The van der Waals surface area contributed by atoms with Gasteiger partial charge in [0, 0.05) is 31.5 Å².